The highest BCUT2D eigenvalue weighted by Gasteiger charge is 2.31. The van der Waals surface area contributed by atoms with Crippen molar-refractivity contribution in [2.24, 2.45) is 5.92 Å². The van der Waals surface area contributed by atoms with Crippen molar-refractivity contribution in [1.82, 2.24) is 4.90 Å². The van der Waals surface area contributed by atoms with Crippen LogP contribution in [0.3, 0.4) is 0 Å². The van der Waals surface area contributed by atoms with Crippen molar-refractivity contribution in [2.45, 2.75) is 70.3 Å². The Labute approximate surface area is 115 Å². The normalized spacial score (nSPS) is 21.5. The van der Waals surface area contributed by atoms with E-state index in [0.717, 1.165) is 38.5 Å². The molecule has 2 saturated carbocycles. The van der Waals surface area contributed by atoms with Gasteiger partial charge in [0.25, 0.3) is 0 Å². The van der Waals surface area contributed by atoms with Crippen LogP contribution in [0.15, 0.2) is 0 Å². The highest BCUT2D eigenvalue weighted by atomic mass is 16.4. The molecule has 0 radical (unpaired) electrons. The summed E-state index contributed by atoms with van der Waals surface area (Å²) in [5.41, 5.74) is 0. The van der Waals surface area contributed by atoms with E-state index in [-0.39, 0.29) is 18.2 Å². The first kappa shape index (κ1) is 14.4. The molecule has 0 aromatic rings. The molecule has 0 aromatic heterocycles. The Hall–Kier alpha value is -1.06. The number of carbonyl (C=O) groups is 2. The molecule has 2 aliphatic carbocycles. The lowest BCUT2D eigenvalue weighted by molar-refractivity contribution is -0.141. The zero-order chi connectivity index (χ0) is 13.7. The van der Waals surface area contributed by atoms with Gasteiger partial charge in [0.2, 0.25) is 5.91 Å². The first-order valence-corrected chi connectivity index (χ1v) is 7.71. The SMILES string of the molecule is O=C(O)CCN(C(=O)C1CCCCC1)C1CCCC1. The van der Waals surface area contributed by atoms with Gasteiger partial charge in [0.05, 0.1) is 6.42 Å². The van der Waals surface area contributed by atoms with Gasteiger partial charge in [-0.2, -0.15) is 0 Å². The van der Waals surface area contributed by atoms with E-state index < -0.39 is 5.97 Å². The molecule has 1 amide bonds. The van der Waals surface area contributed by atoms with Crippen molar-refractivity contribution in [2.75, 3.05) is 6.54 Å². The van der Waals surface area contributed by atoms with E-state index in [9.17, 15) is 9.59 Å². The van der Waals surface area contributed by atoms with E-state index in [1.54, 1.807) is 0 Å². The van der Waals surface area contributed by atoms with Crippen LogP contribution in [0, 0.1) is 5.92 Å². The average Bonchev–Trinajstić information content (AvgIpc) is 2.93. The Kier molecular flexibility index (Phi) is 5.23. The third kappa shape index (κ3) is 3.95. The van der Waals surface area contributed by atoms with Crippen molar-refractivity contribution in [1.29, 1.82) is 0 Å². The molecule has 0 unspecified atom stereocenters. The molecule has 0 aromatic carbocycles. The molecule has 0 aliphatic heterocycles. The molecule has 0 atom stereocenters. The van der Waals surface area contributed by atoms with Crippen molar-refractivity contribution in [3.05, 3.63) is 0 Å². The summed E-state index contributed by atoms with van der Waals surface area (Å²) in [6.45, 7) is 0.398. The lowest BCUT2D eigenvalue weighted by atomic mass is 9.88. The van der Waals surface area contributed by atoms with E-state index in [1.165, 1.54) is 19.3 Å². The molecule has 108 valence electrons. The first-order valence-electron chi connectivity index (χ1n) is 7.71. The number of hydrogen-bond acceptors (Lipinski definition) is 2. The molecule has 4 heteroatoms. The van der Waals surface area contributed by atoms with Gasteiger partial charge in [0, 0.05) is 18.5 Å². The second-order valence-electron chi connectivity index (χ2n) is 5.95. The zero-order valence-corrected chi connectivity index (χ0v) is 11.6. The van der Waals surface area contributed by atoms with Gasteiger partial charge >= 0.3 is 5.97 Å². The smallest absolute Gasteiger partial charge is 0.305 e. The Morgan fingerprint density at radius 2 is 1.53 bits per heavy atom. The van der Waals surface area contributed by atoms with Gasteiger partial charge in [-0.1, -0.05) is 32.1 Å². The van der Waals surface area contributed by atoms with Gasteiger partial charge in [-0.25, -0.2) is 0 Å². The van der Waals surface area contributed by atoms with E-state index in [1.807, 2.05) is 4.90 Å². The molecular weight excluding hydrogens is 242 g/mol. The van der Waals surface area contributed by atoms with Gasteiger partial charge in [-0.3, -0.25) is 9.59 Å². The fourth-order valence-corrected chi connectivity index (χ4v) is 3.49. The molecule has 19 heavy (non-hydrogen) atoms. The number of hydrogen-bond donors (Lipinski definition) is 1. The number of nitrogens with zero attached hydrogens (tertiary/aromatic N) is 1. The second-order valence-corrected chi connectivity index (χ2v) is 5.95. The minimum atomic E-state index is -0.806. The van der Waals surface area contributed by atoms with E-state index in [2.05, 4.69) is 0 Å². The maximum absolute atomic E-state index is 12.6. The predicted molar refractivity (Wildman–Crippen MR) is 72.8 cm³/mol. The number of rotatable bonds is 5. The summed E-state index contributed by atoms with van der Waals surface area (Å²) >= 11 is 0. The molecule has 0 spiro atoms. The highest BCUT2D eigenvalue weighted by Crippen LogP contribution is 2.30. The van der Waals surface area contributed by atoms with Crippen molar-refractivity contribution < 1.29 is 14.7 Å². The molecule has 2 rings (SSSR count). The Morgan fingerprint density at radius 1 is 0.947 bits per heavy atom. The minimum absolute atomic E-state index is 0.0783. The fraction of sp³-hybridized carbons (Fsp3) is 0.867. The lowest BCUT2D eigenvalue weighted by Gasteiger charge is -2.33. The number of aliphatic carboxylic acids is 1. The van der Waals surface area contributed by atoms with Crippen LogP contribution < -0.4 is 0 Å². The topological polar surface area (TPSA) is 57.6 Å². The third-order valence-electron chi connectivity index (χ3n) is 4.57. The molecule has 4 nitrogen and oxygen atoms in total. The van der Waals surface area contributed by atoms with E-state index >= 15 is 0 Å². The molecule has 0 saturated heterocycles. The summed E-state index contributed by atoms with van der Waals surface area (Å²) in [7, 11) is 0. The third-order valence-corrected chi connectivity index (χ3v) is 4.57. The molecule has 0 heterocycles. The Balaban J connectivity index is 1.97. The molecular formula is C15H25NO3. The fourth-order valence-electron chi connectivity index (χ4n) is 3.49. The van der Waals surface area contributed by atoms with E-state index in [4.69, 9.17) is 5.11 Å². The summed E-state index contributed by atoms with van der Waals surface area (Å²) in [6.07, 6.45) is 10.1. The quantitative estimate of drug-likeness (QED) is 0.833. The summed E-state index contributed by atoms with van der Waals surface area (Å²) in [4.78, 5) is 25.3. The zero-order valence-electron chi connectivity index (χ0n) is 11.6. The number of carbonyl (C=O) groups excluding carboxylic acids is 1. The van der Waals surface area contributed by atoms with Crippen LogP contribution in [-0.2, 0) is 9.59 Å². The standard InChI is InChI=1S/C15H25NO3/c17-14(18)10-11-16(13-8-4-5-9-13)15(19)12-6-2-1-3-7-12/h12-13H,1-11H2,(H,17,18). The van der Waals surface area contributed by atoms with Crippen LogP contribution in [0.2, 0.25) is 0 Å². The monoisotopic (exact) mass is 267 g/mol. The molecule has 2 fully saturated rings. The van der Waals surface area contributed by atoms with Gasteiger partial charge in [-0.05, 0) is 25.7 Å². The van der Waals surface area contributed by atoms with Crippen LogP contribution in [0.5, 0.6) is 0 Å². The Morgan fingerprint density at radius 3 is 2.11 bits per heavy atom. The van der Waals surface area contributed by atoms with Gasteiger partial charge in [-0.15, -0.1) is 0 Å². The summed E-state index contributed by atoms with van der Waals surface area (Å²) in [6, 6.07) is 0.300. The largest absolute Gasteiger partial charge is 0.481 e. The Bertz CT molecular complexity index is 317. The van der Waals surface area contributed by atoms with Gasteiger partial charge in [0.1, 0.15) is 0 Å². The van der Waals surface area contributed by atoms with Gasteiger partial charge in [0.15, 0.2) is 0 Å². The highest BCUT2D eigenvalue weighted by molar-refractivity contribution is 5.80. The number of carboxylic acids is 1. The summed E-state index contributed by atoms with van der Waals surface area (Å²) in [5, 5.41) is 8.86. The number of amides is 1. The van der Waals surface area contributed by atoms with Crippen LogP contribution in [0.1, 0.15) is 64.2 Å². The van der Waals surface area contributed by atoms with Crippen molar-refractivity contribution >= 4 is 11.9 Å². The van der Waals surface area contributed by atoms with Crippen molar-refractivity contribution in [3.63, 3.8) is 0 Å². The van der Waals surface area contributed by atoms with Crippen LogP contribution in [0.4, 0.5) is 0 Å². The van der Waals surface area contributed by atoms with Crippen LogP contribution in [-0.4, -0.2) is 34.5 Å². The second kappa shape index (κ2) is 6.92. The minimum Gasteiger partial charge on any atom is -0.481 e. The summed E-state index contributed by atoms with van der Waals surface area (Å²) < 4.78 is 0. The molecule has 0 bridgehead atoms. The molecule has 2 aliphatic rings. The molecule has 1 N–H and O–H groups in total. The van der Waals surface area contributed by atoms with E-state index in [0.29, 0.717) is 12.6 Å². The van der Waals surface area contributed by atoms with Crippen molar-refractivity contribution in [3.8, 4) is 0 Å². The predicted octanol–water partition coefficient (Wildman–Crippen LogP) is 2.81. The maximum Gasteiger partial charge on any atom is 0.305 e. The lowest BCUT2D eigenvalue weighted by Crippen LogP contribution is -2.44. The van der Waals surface area contributed by atoms with Crippen LogP contribution >= 0.6 is 0 Å². The summed E-state index contributed by atoms with van der Waals surface area (Å²) in [5.74, 6) is -0.421. The first-order chi connectivity index (χ1) is 9.18. The maximum atomic E-state index is 12.6. The van der Waals surface area contributed by atoms with Crippen LogP contribution in [0.25, 0.3) is 0 Å². The van der Waals surface area contributed by atoms with Gasteiger partial charge < -0.3 is 10.0 Å². The number of carboxylic acid groups (broad SMARTS) is 1. The average molecular weight is 267 g/mol.